The van der Waals surface area contributed by atoms with Crippen LogP contribution in [0, 0.1) is 13.7 Å². The van der Waals surface area contributed by atoms with Gasteiger partial charge < -0.3 is 14.9 Å². The highest BCUT2D eigenvalue weighted by molar-refractivity contribution is 14.1. The summed E-state index contributed by atoms with van der Waals surface area (Å²) in [5.41, 5.74) is 0.409. The van der Waals surface area contributed by atoms with E-state index in [0.29, 0.717) is 9.13 Å². The SMILES string of the molecule is O=C(OCn1cc(I)cc1[N+](=O)[O-])c1ccccc1. The fourth-order valence-electron chi connectivity index (χ4n) is 1.51. The van der Waals surface area contributed by atoms with Gasteiger partial charge in [-0.3, -0.25) is 0 Å². The summed E-state index contributed by atoms with van der Waals surface area (Å²) in [7, 11) is 0. The lowest BCUT2D eigenvalue weighted by atomic mass is 10.2. The molecule has 2 rings (SSSR count). The Morgan fingerprint density at radius 2 is 2.05 bits per heavy atom. The summed E-state index contributed by atoms with van der Waals surface area (Å²) in [6.45, 7) is -0.187. The Balaban J connectivity index is 2.07. The van der Waals surface area contributed by atoms with Crippen molar-refractivity contribution in [2.45, 2.75) is 6.73 Å². The third kappa shape index (κ3) is 3.31. The minimum absolute atomic E-state index is 0.106. The van der Waals surface area contributed by atoms with E-state index in [2.05, 4.69) is 0 Å². The average molecular weight is 372 g/mol. The second-order valence-corrected chi connectivity index (χ2v) is 4.92. The summed E-state index contributed by atoms with van der Waals surface area (Å²) in [5, 5.41) is 10.8. The lowest BCUT2D eigenvalue weighted by Crippen LogP contribution is -2.10. The highest BCUT2D eigenvalue weighted by atomic mass is 127. The zero-order valence-electron chi connectivity index (χ0n) is 9.65. The lowest BCUT2D eigenvalue weighted by Gasteiger charge is -2.04. The van der Waals surface area contributed by atoms with Gasteiger partial charge in [-0.15, -0.1) is 0 Å². The van der Waals surface area contributed by atoms with Crippen molar-refractivity contribution < 1.29 is 14.5 Å². The van der Waals surface area contributed by atoms with Gasteiger partial charge in [0.15, 0.2) is 0 Å². The summed E-state index contributed by atoms with van der Waals surface area (Å²) in [4.78, 5) is 22.0. The van der Waals surface area contributed by atoms with Gasteiger partial charge in [0.25, 0.3) is 0 Å². The molecule has 0 atom stereocenters. The van der Waals surface area contributed by atoms with Crippen LogP contribution in [0.25, 0.3) is 0 Å². The van der Waals surface area contributed by atoms with Crippen LogP contribution in [-0.2, 0) is 11.5 Å². The third-order valence-corrected chi connectivity index (χ3v) is 2.96. The van der Waals surface area contributed by atoms with Gasteiger partial charge in [0.2, 0.25) is 6.73 Å². The Labute approximate surface area is 122 Å². The van der Waals surface area contributed by atoms with E-state index in [1.54, 1.807) is 36.5 Å². The molecule has 6 nitrogen and oxygen atoms in total. The Morgan fingerprint density at radius 1 is 1.37 bits per heavy atom. The highest BCUT2D eigenvalue weighted by Gasteiger charge is 2.16. The van der Waals surface area contributed by atoms with Crippen LogP contribution in [0.15, 0.2) is 42.6 Å². The minimum Gasteiger partial charge on any atom is -0.421 e. The molecule has 7 heteroatoms. The van der Waals surface area contributed by atoms with Gasteiger partial charge in [-0.1, -0.05) is 18.2 Å². The monoisotopic (exact) mass is 372 g/mol. The number of rotatable bonds is 4. The van der Waals surface area contributed by atoms with Gasteiger partial charge >= 0.3 is 11.8 Å². The first-order valence-corrected chi connectivity index (χ1v) is 6.38. The molecule has 0 unspecified atom stereocenters. The molecule has 0 aliphatic carbocycles. The number of ether oxygens (including phenoxy) is 1. The Kier molecular flexibility index (Phi) is 4.15. The van der Waals surface area contributed by atoms with Crippen LogP contribution < -0.4 is 0 Å². The van der Waals surface area contributed by atoms with Gasteiger partial charge in [0.05, 0.1) is 9.13 Å². The fraction of sp³-hybridized carbons (Fsp3) is 0.0833. The minimum atomic E-state index is -0.515. The van der Waals surface area contributed by atoms with Gasteiger partial charge in [-0.2, -0.15) is 4.57 Å². The second kappa shape index (κ2) is 5.83. The van der Waals surface area contributed by atoms with Crippen LogP contribution in [0.1, 0.15) is 10.4 Å². The Morgan fingerprint density at radius 3 is 2.68 bits per heavy atom. The summed E-state index contributed by atoms with van der Waals surface area (Å²) < 4.78 is 7.02. The van der Waals surface area contributed by atoms with E-state index in [4.69, 9.17) is 4.74 Å². The smallest absolute Gasteiger partial charge is 0.341 e. The summed E-state index contributed by atoms with van der Waals surface area (Å²) in [5.74, 6) is -0.621. The predicted octanol–water partition coefficient (Wildman–Crippen LogP) is 2.82. The van der Waals surface area contributed by atoms with Crippen molar-refractivity contribution in [3.05, 3.63) is 61.8 Å². The molecule has 0 bridgehead atoms. The number of benzene rings is 1. The predicted molar refractivity (Wildman–Crippen MR) is 75.7 cm³/mol. The number of nitro groups is 1. The summed E-state index contributed by atoms with van der Waals surface area (Å²) >= 11 is 1.96. The standard InChI is InChI=1S/C12H9IN2O4/c13-10-6-11(15(17)18)14(7-10)8-19-12(16)9-4-2-1-3-5-9/h1-7H,8H2. The molecule has 0 radical (unpaired) electrons. The first-order chi connectivity index (χ1) is 9.08. The van der Waals surface area contributed by atoms with Crippen molar-refractivity contribution >= 4 is 34.4 Å². The largest absolute Gasteiger partial charge is 0.421 e. The number of halogens is 1. The molecule has 19 heavy (non-hydrogen) atoms. The number of carbonyl (C=O) groups excluding carboxylic acids is 1. The molecule has 1 aromatic heterocycles. The lowest BCUT2D eigenvalue weighted by molar-refractivity contribution is -0.392. The van der Waals surface area contributed by atoms with Gasteiger partial charge in [-0.05, 0) is 39.6 Å². The molecule has 0 aliphatic heterocycles. The van der Waals surface area contributed by atoms with Crippen LogP contribution >= 0.6 is 22.6 Å². The van der Waals surface area contributed by atoms with Gasteiger partial charge in [0.1, 0.15) is 6.20 Å². The molecule has 1 aromatic carbocycles. The second-order valence-electron chi connectivity index (χ2n) is 3.67. The van der Waals surface area contributed by atoms with E-state index in [1.165, 1.54) is 10.6 Å². The number of hydrogen-bond acceptors (Lipinski definition) is 4. The molecule has 0 saturated carbocycles. The molecule has 0 spiro atoms. The Hall–Kier alpha value is -1.90. The molecule has 0 amide bonds. The van der Waals surface area contributed by atoms with E-state index < -0.39 is 10.9 Å². The first-order valence-electron chi connectivity index (χ1n) is 5.30. The number of esters is 1. The van der Waals surface area contributed by atoms with Gasteiger partial charge in [0, 0.05) is 6.07 Å². The maximum atomic E-state index is 11.7. The first kappa shape index (κ1) is 13.5. The zero-order valence-corrected chi connectivity index (χ0v) is 11.8. The Bertz CT molecular complexity index is 609. The maximum Gasteiger partial charge on any atom is 0.341 e. The van der Waals surface area contributed by atoms with Crippen LogP contribution in [0.4, 0.5) is 5.82 Å². The van der Waals surface area contributed by atoms with Crippen LogP contribution in [-0.4, -0.2) is 15.5 Å². The molecule has 0 saturated heterocycles. The van der Waals surface area contributed by atoms with E-state index in [-0.39, 0.29) is 12.5 Å². The number of carbonyl (C=O) groups is 1. The molecule has 0 N–H and O–H groups in total. The zero-order chi connectivity index (χ0) is 13.8. The highest BCUT2D eigenvalue weighted by Crippen LogP contribution is 2.18. The summed E-state index contributed by atoms with van der Waals surface area (Å²) in [6, 6.07) is 9.88. The quantitative estimate of drug-likeness (QED) is 0.358. The topological polar surface area (TPSA) is 74.4 Å². The van der Waals surface area contributed by atoms with E-state index in [9.17, 15) is 14.9 Å². The van der Waals surface area contributed by atoms with Gasteiger partial charge in [-0.25, -0.2) is 4.79 Å². The van der Waals surface area contributed by atoms with E-state index in [1.807, 2.05) is 22.6 Å². The van der Waals surface area contributed by atoms with Crippen molar-refractivity contribution in [1.29, 1.82) is 0 Å². The van der Waals surface area contributed by atoms with E-state index >= 15 is 0 Å². The maximum absolute atomic E-state index is 11.7. The summed E-state index contributed by atoms with van der Waals surface area (Å²) in [6.07, 6.45) is 1.55. The third-order valence-electron chi connectivity index (χ3n) is 2.37. The normalized spacial score (nSPS) is 10.2. The van der Waals surface area contributed by atoms with Crippen LogP contribution in [0.2, 0.25) is 0 Å². The fourth-order valence-corrected chi connectivity index (χ4v) is 2.12. The van der Waals surface area contributed by atoms with Crippen molar-refractivity contribution in [2.75, 3.05) is 0 Å². The molecular formula is C12H9IN2O4. The average Bonchev–Trinajstić information content (AvgIpc) is 2.78. The van der Waals surface area contributed by atoms with Crippen LogP contribution in [0.5, 0.6) is 0 Å². The van der Waals surface area contributed by atoms with Crippen molar-refractivity contribution in [3.63, 3.8) is 0 Å². The van der Waals surface area contributed by atoms with E-state index in [0.717, 1.165) is 0 Å². The number of nitrogens with zero attached hydrogens (tertiary/aromatic N) is 2. The van der Waals surface area contributed by atoms with Crippen LogP contribution in [0.3, 0.4) is 0 Å². The molecule has 2 aromatic rings. The van der Waals surface area contributed by atoms with Crippen molar-refractivity contribution in [2.24, 2.45) is 0 Å². The molecule has 0 aliphatic rings. The van der Waals surface area contributed by atoms with Crippen molar-refractivity contribution in [1.82, 2.24) is 4.57 Å². The molecule has 98 valence electrons. The number of aromatic nitrogens is 1. The molecule has 1 heterocycles. The molecular weight excluding hydrogens is 363 g/mol. The molecule has 0 fully saturated rings. The number of hydrogen-bond donors (Lipinski definition) is 0. The van der Waals surface area contributed by atoms with Crippen molar-refractivity contribution in [3.8, 4) is 0 Å².